The third-order valence-corrected chi connectivity index (χ3v) is 6.84. The highest BCUT2D eigenvalue weighted by Crippen LogP contribution is 2.30. The van der Waals surface area contributed by atoms with Crippen LogP contribution in [0.15, 0.2) is 53.3 Å². The summed E-state index contributed by atoms with van der Waals surface area (Å²) in [5.41, 5.74) is 4.79. The Morgan fingerprint density at radius 3 is 2.77 bits per heavy atom. The molecule has 35 heavy (non-hydrogen) atoms. The largest absolute Gasteiger partial charge is 0.376 e. The fraction of sp³-hybridized carbons (Fsp3) is 0.407. The normalized spacial score (nSPS) is 16.9. The zero-order chi connectivity index (χ0) is 24.4. The number of aromatic nitrogens is 5. The van der Waals surface area contributed by atoms with Gasteiger partial charge in [0.1, 0.15) is 6.04 Å². The van der Waals surface area contributed by atoms with E-state index in [1.54, 1.807) is 0 Å². The monoisotopic (exact) mass is 472 g/mol. The first-order valence-electron chi connectivity index (χ1n) is 12.3. The SMILES string of the molecule is CCN(Cc1ccccc1)C(c1cc2c(C)cc(C)cc2[nH]c1=O)c1nnnn1CC1CCCO1. The Kier molecular flexibility index (Phi) is 6.74. The Labute approximate surface area is 204 Å². The fourth-order valence-corrected chi connectivity index (χ4v) is 5.11. The van der Waals surface area contributed by atoms with Crippen molar-refractivity contribution < 1.29 is 4.74 Å². The maximum atomic E-state index is 13.5. The van der Waals surface area contributed by atoms with E-state index in [0.717, 1.165) is 48.0 Å². The minimum Gasteiger partial charge on any atom is -0.376 e. The molecule has 2 aromatic carbocycles. The molecule has 4 aromatic rings. The number of ether oxygens (including phenoxy) is 1. The summed E-state index contributed by atoms with van der Waals surface area (Å²) >= 11 is 0. The molecular weight excluding hydrogens is 440 g/mol. The molecule has 3 heterocycles. The van der Waals surface area contributed by atoms with Crippen LogP contribution in [0.3, 0.4) is 0 Å². The third-order valence-electron chi connectivity index (χ3n) is 6.84. The summed E-state index contributed by atoms with van der Waals surface area (Å²) in [7, 11) is 0. The summed E-state index contributed by atoms with van der Waals surface area (Å²) in [4.78, 5) is 18.9. The van der Waals surface area contributed by atoms with Crippen LogP contribution in [0.1, 0.15) is 53.9 Å². The number of pyridine rings is 1. The van der Waals surface area contributed by atoms with E-state index >= 15 is 0 Å². The van der Waals surface area contributed by atoms with Gasteiger partial charge in [-0.25, -0.2) is 4.68 Å². The van der Waals surface area contributed by atoms with Gasteiger partial charge in [-0.1, -0.05) is 43.3 Å². The maximum Gasteiger partial charge on any atom is 0.253 e. The summed E-state index contributed by atoms with van der Waals surface area (Å²) < 4.78 is 7.68. The molecule has 2 aromatic heterocycles. The van der Waals surface area contributed by atoms with Crippen molar-refractivity contribution >= 4 is 10.9 Å². The lowest BCUT2D eigenvalue weighted by atomic mass is 9.99. The van der Waals surface area contributed by atoms with Gasteiger partial charge in [0.2, 0.25) is 0 Å². The van der Waals surface area contributed by atoms with Crippen LogP contribution < -0.4 is 5.56 Å². The van der Waals surface area contributed by atoms with Gasteiger partial charge in [-0.3, -0.25) is 9.69 Å². The molecule has 182 valence electrons. The van der Waals surface area contributed by atoms with E-state index in [4.69, 9.17) is 4.74 Å². The summed E-state index contributed by atoms with van der Waals surface area (Å²) in [6, 6.07) is 16.1. The van der Waals surface area contributed by atoms with Crippen molar-refractivity contribution in [1.29, 1.82) is 0 Å². The van der Waals surface area contributed by atoms with Gasteiger partial charge in [0.15, 0.2) is 5.82 Å². The van der Waals surface area contributed by atoms with Gasteiger partial charge in [-0.05, 0) is 72.5 Å². The van der Waals surface area contributed by atoms with Gasteiger partial charge < -0.3 is 9.72 Å². The van der Waals surface area contributed by atoms with Crippen LogP contribution in [0.5, 0.6) is 0 Å². The van der Waals surface area contributed by atoms with E-state index in [2.05, 4.69) is 57.5 Å². The number of tetrazole rings is 1. The quantitative estimate of drug-likeness (QED) is 0.418. The number of fused-ring (bicyclic) bond motifs is 1. The average molecular weight is 473 g/mol. The molecule has 0 radical (unpaired) electrons. The van der Waals surface area contributed by atoms with E-state index in [1.807, 2.05) is 41.9 Å². The maximum absolute atomic E-state index is 13.5. The second-order valence-corrected chi connectivity index (χ2v) is 9.40. The number of aromatic amines is 1. The van der Waals surface area contributed by atoms with Gasteiger partial charge in [-0.15, -0.1) is 5.10 Å². The van der Waals surface area contributed by atoms with Crippen LogP contribution in [-0.4, -0.2) is 49.3 Å². The third kappa shape index (κ3) is 4.90. The van der Waals surface area contributed by atoms with E-state index in [1.165, 1.54) is 5.56 Å². The van der Waals surface area contributed by atoms with Crippen LogP contribution in [0.25, 0.3) is 10.9 Å². The number of hydrogen-bond acceptors (Lipinski definition) is 6. The van der Waals surface area contributed by atoms with Crippen LogP contribution >= 0.6 is 0 Å². The van der Waals surface area contributed by atoms with E-state index in [-0.39, 0.29) is 11.7 Å². The molecule has 1 aliphatic heterocycles. The van der Waals surface area contributed by atoms with Gasteiger partial charge in [-0.2, -0.15) is 0 Å². The lowest BCUT2D eigenvalue weighted by molar-refractivity contribution is 0.0907. The highest BCUT2D eigenvalue weighted by Gasteiger charge is 2.31. The summed E-state index contributed by atoms with van der Waals surface area (Å²) in [5.74, 6) is 0.660. The Morgan fingerprint density at radius 1 is 1.20 bits per heavy atom. The molecule has 1 fully saturated rings. The molecule has 0 amide bonds. The van der Waals surface area contributed by atoms with Crippen molar-refractivity contribution in [1.82, 2.24) is 30.1 Å². The number of hydrogen-bond donors (Lipinski definition) is 1. The van der Waals surface area contributed by atoms with Gasteiger partial charge in [0, 0.05) is 29.6 Å². The number of aryl methyl sites for hydroxylation is 2. The minimum atomic E-state index is -0.412. The smallest absolute Gasteiger partial charge is 0.253 e. The molecule has 2 atom stereocenters. The second kappa shape index (κ2) is 10.1. The molecular formula is C27H32N6O2. The Morgan fingerprint density at radius 2 is 2.03 bits per heavy atom. The predicted molar refractivity (Wildman–Crippen MR) is 135 cm³/mol. The molecule has 5 rings (SSSR count). The average Bonchev–Trinajstić information content (AvgIpc) is 3.52. The summed E-state index contributed by atoms with van der Waals surface area (Å²) in [6.07, 6.45) is 2.12. The van der Waals surface area contributed by atoms with Crippen molar-refractivity contribution in [3.63, 3.8) is 0 Å². The summed E-state index contributed by atoms with van der Waals surface area (Å²) in [5, 5.41) is 13.8. The Balaban J connectivity index is 1.64. The highest BCUT2D eigenvalue weighted by atomic mass is 16.5. The molecule has 8 heteroatoms. The number of rotatable bonds is 8. The van der Waals surface area contributed by atoms with Crippen LogP contribution in [0.2, 0.25) is 0 Å². The van der Waals surface area contributed by atoms with Crippen molar-refractivity contribution in [2.45, 2.75) is 58.8 Å². The highest BCUT2D eigenvalue weighted by molar-refractivity contribution is 5.83. The molecule has 1 aliphatic rings. The summed E-state index contributed by atoms with van der Waals surface area (Å²) in [6.45, 7) is 8.95. The molecule has 1 N–H and O–H groups in total. The van der Waals surface area contributed by atoms with Crippen molar-refractivity contribution in [3.05, 3.63) is 87.0 Å². The fourth-order valence-electron chi connectivity index (χ4n) is 5.11. The zero-order valence-corrected chi connectivity index (χ0v) is 20.6. The predicted octanol–water partition coefficient (Wildman–Crippen LogP) is 3.92. The first kappa shape index (κ1) is 23.4. The standard InChI is InChI=1S/C27H32N6O2/c1-4-32(16-20-9-6-5-7-10-20)25(26-29-30-31-33(26)17-21-11-8-12-35-21)23-15-22-19(3)13-18(2)14-24(22)28-27(23)34/h5-7,9-10,13-15,21,25H,4,8,11-12,16-17H2,1-3H3,(H,28,34). The molecule has 1 saturated heterocycles. The van der Waals surface area contributed by atoms with Crippen LogP contribution in [0.4, 0.5) is 0 Å². The molecule has 0 aliphatic carbocycles. The Bertz CT molecular complexity index is 1360. The number of nitrogens with zero attached hydrogens (tertiary/aromatic N) is 5. The second-order valence-electron chi connectivity index (χ2n) is 9.40. The van der Waals surface area contributed by atoms with Crippen molar-refractivity contribution in [2.75, 3.05) is 13.2 Å². The Hall–Kier alpha value is -3.36. The molecule has 2 unspecified atom stereocenters. The number of nitrogens with one attached hydrogen (secondary N) is 1. The molecule has 8 nitrogen and oxygen atoms in total. The van der Waals surface area contributed by atoms with Crippen molar-refractivity contribution in [2.24, 2.45) is 0 Å². The first-order chi connectivity index (χ1) is 17.0. The topological polar surface area (TPSA) is 88.9 Å². The molecule has 0 saturated carbocycles. The minimum absolute atomic E-state index is 0.0854. The van der Waals surface area contributed by atoms with Gasteiger partial charge in [0.05, 0.1) is 12.6 Å². The van der Waals surface area contributed by atoms with Gasteiger partial charge >= 0.3 is 0 Å². The molecule has 0 bridgehead atoms. The van der Waals surface area contributed by atoms with Crippen molar-refractivity contribution in [3.8, 4) is 0 Å². The van der Waals surface area contributed by atoms with E-state index < -0.39 is 6.04 Å². The number of benzene rings is 2. The van der Waals surface area contributed by atoms with Gasteiger partial charge in [0.25, 0.3) is 5.56 Å². The van der Waals surface area contributed by atoms with Crippen LogP contribution in [0, 0.1) is 13.8 Å². The lowest BCUT2D eigenvalue weighted by Gasteiger charge is -2.30. The van der Waals surface area contributed by atoms with E-state index in [0.29, 0.717) is 24.5 Å². The lowest BCUT2D eigenvalue weighted by Crippen LogP contribution is -2.35. The van der Waals surface area contributed by atoms with E-state index in [9.17, 15) is 4.79 Å². The number of H-pyrrole nitrogens is 1. The zero-order valence-electron chi connectivity index (χ0n) is 20.6. The van der Waals surface area contributed by atoms with Crippen LogP contribution in [-0.2, 0) is 17.8 Å². The molecule has 0 spiro atoms. The first-order valence-corrected chi connectivity index (χ1v) is 12.3.